The second-order valence-electron chi connectivity index (χ2n) is 7.35. The normalized spacial score (nSPS) is 10.7. The number of hydrogen-bond donors (Lipinski definition) is 3. The zero-order valence-corrected chi connectivity index (χ0v) is 18.2. The van der Waals surface area contributed by atoms with Gasteiger partial charge in [-0.3, -0.25) is 14.9 Å². The predicted molar refractivity (Wildman–Crippen MR) is 123 cm³/mol. The van der Waals surface area contributed by atoms with E-state index >= 15 is 0 Å². The lowest BCUT2D eigenvalue weighted by atomic mass is 10.1. The minimum atomic E-state index is -0.710. The van der Waals surface area contributed by atoms with E-state index in [0.29, 0.717) is 22.6 Å². The summed E-state index contributed by atoms with van der Waals surface area (Å²) in [5.74, 6) is -0.404. The third-order valence-electron chi connectivity index (χ3n) is 4.92. The van der Waals surface area contributed by atoms with Crippen LogP contribution in [-0.2, 0) is 7.05 Å². The molecule has 10 heteroatoms. The second-order valence-corrected chi connectivity index (χ2v) is 7.35. The molecule has 4 rings (SSSR count). The number of amidine groups is 1. The number of nitrogens with zero attached hydrogens (tertiary/aromatic N) is 5. The molecular weight excluding hydrogens is 423 g/mol. The third kappa shape index (κ3) is 4.59. The smallest absolute Gasteiger partial charge is 0.274 e. The highest BCUT2D eigenvalue weighted by atomic mass is 19.1. The summed E-state index contributed by atoms with van der Waals surface area (Å²) in [6, 6.07) is 10.3. The van der Waals surface area contributed by atoms with Gasteiger partial charge in [0.1, 0.15) is 23.2 Å². The van der Waals surface area contributed by atoms with E-state index in [-0.39, 0.29) is 23.0 Å². The molecule has 1 amide bonds. The molecule has 3 aromatic heterocycles. The minimum Gasteiger partial charge on any atom is -0.325 e. The molecule has 0 unspecified atom stereocenters. The molecule has 0 saturated carbocycles. The van der Waals surface area contributed by atoms with E-state index in [1.54, 1.807) is 38.5 Å². The highest BCUT2D eigenvalue weighted by Gasteiger charge is 2.22. The summed E-state index contributed by atoms with van der Waals surface area (Å²) in [7, 11) is 1.62. The van der Waals surface area contributed by atoms with E-state index in [9.17, 15) is 9.18 Å². The van der Waals surface area contributed by atoms with Gasteiger partial charge in [0.05, 0.1) is 29.3 Å². The van der Waals surface area contributed by atoms with Crippen LogP contribution < -0.4 is 10.6 Å². The molecule has 33 heavy (non-hydrogen) atoms. The summed E-state index contributed by atoms with van der Waals surface area (Å²) < 4.78 is 15.9. The van der Waals surface area contributed by atoms with E-state index in [4.69, 9.17) is 5.41 Å². The maximum atomic E-state index is 14.5. The van der Waals surface area contributed by atoms with Crippen LogP contribution in [0.3, 0.4) is 0 Å². The van der Waals surface area contributed by atoms with Gasteiger partial charge < -0.3 is 10.6 Å². The maximum Gasteiger partial charge on any atom is 0.274 e. The fourth-order valence-corrected chi connectivity index (χ4v) is 3.27. The fourth-order valence-electron chi connectivity index (χ4n) is 3.27. The SMILES string of the molecule is Cc1ncc(C)c(-c2cnn(C)c2C(=O)Nc2cc(NC(=N)c3ccccc3)ncc2F)n1. The monoisotopic (exact) mass is 444 g/mol. The summed E-state index contributed by atoms with van der Waals surface area (Å²) in [5.41, 5.74) is 2.65. The maximum absolute atomic E-state index is 14.5. The number of hydrogen-bond acceptors (Lipinski definition) is 6. The quantitative estimate of drug-likeness (QED) is 0.319. The first-order valence-corrected chi connectivity index (χ1v) is 10.0. The van der Waals surface area contributed by atoms with Gasteiger partial charge in [-0.2, -0.15) is 5.10 Å². The molecule has 1 aromatic carbocycles. The zero-order chi connectivity index (χ0) is 23.5. The average Bonchev–Trinajstić information content (AvgIpc) is 3.19. The molecule has 0 spiro atoms. The van der Waals surface area contributed by atoms with Gasteiger partial charge in [-0.05, 0) is 19.4 Å². The Balaban J connectivity index is 1.61. The number of aromatic nitrogens is 5. The van der Waals surface area contributed by atoms with Crippen molar-refractivity contribution in [2.45, 2.75) is 13.8 Å². The van der Waals surface area contributed by atoms with Gasteiger partial charge in [0, 0.05) is 24.9 Å². The number of carbonyl (C=O) groups excluding carboxylic acids is 1. The molecule has 0 aliphatic carbocycles. The van der Waals surface area contributed by atoms with Gasteiger partial charge in [0.25, 0.3) is 5.91 Å². The Kier molecular flexibility index (Phi) is 5.90. The van der Waals surface area contributed by atoms with E-state index in [1.807, 2.05) is 25.1 Å². The first-order chi connectivity index (χ1) is 15.8. The molecule has 3 N–H and O–H groups in total. The highest BCUT2D eigenvalue weighted by molar-refractivity contribution is 6.08. The topological polar surface area (TPSA) is 121 Å². The standard InChI is InChI=1S/C23H21FN8O/c1-13-10-26-14(2)29-20(13)16-11-28-32(3)21(16)23(33)30-18-9-19(27-12-17(18)24)31-22(25)15-7-5-4-6-8-15/h4-12H,1-3H3,(H3,25,27,30,31,33). The van der Waals surface area contributed by atoms with E-state index in [1.165, 1.54) is 10.7 Å². The predicted octanol–water partition coefficient (Wildman–Crippen LogP) is 3.72. The Bertz CT molecular complexity index is 1350. The van der Waals surface area contributed by atoms with Crippen molar-refractivity contribution in [1.29, 1.82) is 5.41 Å². The minimum absolute atomic E-state index is 0.0823. The van der Waals surface area contributed by atoms with Gasteiger partial charge in [-0.1, -0.05) is 30.3 Å². The first-order valence-electron chi connectivity index (χ1n) is 10.0. The van der Waals surface area contributed by atoms with Crippen molar-refractivity contribution in [2.24, 2.45) is 7.05 Å². The van der Waals surface area contributed by atoms with Crippen molar-refractivity contribution in [2.75, 3.05) is 10.6 Å². The number of pyridine rings is 1. The number of aryl methyl sites for hydroxylation is 3. The largest absolute Gasteiger partial charge is 0.325 e. The number of benzene rings is 1. The van der Waals surface area contributed by atoms with Crippen LogP contribution in [0.15, 0.2) is 55.0 Å². The Morgan fingerprint density at radius 1 is 1.06 bits per heavy atom. The van der Waals surface area contributed by atoms with Crippen LogP contribution in [0, 0.1) is 25.1 Å². The van der Waals surface area contributed by atoms with E-state index in [0.717, 1.165) is 11.8 Å². The summed E-state index contributed by atoms with van der Waals surface area (Å²) >= 11 is 0. The van der Waals surface area contributed by atoms with Crippen molar-refractivity contribution in [3.63, 3.8) is 0 Å². The van der Waals surface area contributed by atoms with E-state index < -0.39 is 11.7 Å². The van der Waals surface area contributed by atoms with Crippen LogP contribution in [0.4, 0.5) is 15.9 Å². The van der Waals surface area contributed by atoms with Gasteiger partial charge in [0.2, 0.25) is 0 Å². The van der Waals surface area contributed by atoms with Gasteiger partial charge >= 0.3 is 0 Å². The summed E-state index contributed by atoms with van der Waals surface area (Å²) in [5, 5.41) is 17.8. The first kappa shape index (κ1) is 21.8. The van der Waals surface area contributed by atoms with Crippen molar-refractivity contribution < 1.29 is 9.18 Å². The van der Waals surface area contributed by atoms with Gasteiger partial charge in [-0.15, -0.1) is 0 Å². The molecule has 0 atom stereocenters. The number of halogens is 1. The average molecular weight is 444 g/mol. The Morgan fingerprint density at radius 3 is 2.58 bits per heavy atom. The number of nitrogens with one attached hydrogen (secondary N) is 3. The van der Waals surface area contributed by atoms with Crippen LogP contribution in [0.5, 0.6) is 0 Å². The Morgan fingerprint density at radius 2 is 1.82 bits per heavy atom. The number of carbonyl (C=O) groups is 1. The molecule has 166 valence electrons. The van der Waals surface area contributed by atoms with Crippen LogP contribution in [0.1, 0.15) is 27.4 Å². The van der Waals surface area contributed by atoms with Crippen molar-refractivity contribution in [3.8, 4) is 11.3 Å². The summed E-state index contributed by atoms with van der Waals surface area (Å²) in [4.78, 5) is 25.7. The molecule has 0 aliphatic rings. The second kappa shape index (κ2) is 8.95. The molecular formula is C23H21FN8O. The summed E-state index contributed by atoms with van der Waals surface area (Å²) in [6.07, 6.45) is 4.20. The zero-order valence-electron chi connectivity index (χ0n) is 18.2. The number of anilines is 2. The lowest BCUT2D eigenvalue weighted by Gasteiger charge is -2.12. The molecule has 0 aliphatic heterocycles. The molecule has 0 bridgehead atoms. The van der Waals surface area contributed by atoms with Crippen LogP contribution >= 0.6 is 0 Å². The Labute approximate surface area is 189 Å². The van der Waals surface area contributed by atoms with Crippen LogP contribution in [0.2, 0.25) is 0 Å². The molecule has 9 nitrogen and oxygen atoms in total. The van der Waals surface area contributed by atoms with Crippen molar-refractivity contribution in [3.05, 3.63) is 83.5 Å². The lowest BCUT2D eigenvalue weighted by Crippen LogP contribution is -2.19. The summed E-state index contributed by atoms with van der Waals surface area (Å²) in [6.45, 7) is 3.60. The van der Waals surface area contributed by atoms with Crippen molar-refractivity contribution in [1.82, 2.24) is 24.7 Å². The molecule has 3 heterocycles. The number of rotatable bonds is 5. The highest BCUT2D eigenvalue weighted by Crippen LogP contribution is 2.26. The molecule has 0 radical (unpaired) electrons. The van der Waals surface area contributed by atoms with E-state index in [2.05, 4.69) is 30.7 Å². The van der Waals surface area contributed by atoms with Gasteiger partial charge in [0.15, 0.2) is 5.82 Å². The number of amides is 1. The lowest BCUT2D eigenvalue weighted by molar-refractivity contribution is 0.101. The third-order valence-corrected chi connectivity index (χ3v) is 4.92. The van der Waals surface area contributed by atoms with Crippen LogP contribution in [0.25, 0.3) is 11.3 Å². The van der Waals surface area contributed by atoms with Gasteiger partial charge in [-0.25, -0.2) is 19.3 Å². The van der Waals surface area contributed by atoms with Crippen LogP contribution in [-0.4, -0.2) is 36.5 Å². The fraction of sp³-hybridized carbons (Fsp3) is 0.130. The molecule has 0 saturated heterocycles. The molecule has 0 fully saturated rings. The van der Waals surface area contributed by atoms with Crippen molar-refractivity contribution >= 4 is 23.2 Å². The molecule has 4 aromatic rings. The Hall–Kier alpha value is -4.47.